The highest BCUT2D eigenvalue weighted by Gasteiger charge is 2.16. The molecule has 2 N–H and O–H groups in total. The minimum Gasteiger partial charge on any atom is -0.450 e. The van der Waals surface area contributed by atoms with Crippen LogP contribution in [0.4, 0.5) is 11.4 Å². The van der Waals surface area contributed by atoms with E-state index in [9.17, 15) is 10.1 Å². The summed E-state index contributed by atoms with van der Waals surface area (Å²) in [6, 6.07) is 12.3. The highest BCUT2D eigenvalue weighted by Crippen LogP contribution is 2.32. The third kappa shape index (κ3) is 2.79. The van der Waals surface area contributed by atoms with Gasteiger partial charge in [-0.3, -0.25) is 10.1 Å². The van der Waals surface area contributed by atoms with Gasteiger partial charge in [-0.25, -0.2) is 0 Å². The van der Waals surface area contributed by atoms with E-state index >= 15 is 0 Å². The molecule has 0 atom stereocenters. The van der Waals surface area contributed by atoms with Crippen molar-refractivity contribution in [1.29, 1.82) is 5.26 Å². The zero-order chi connectivity index (χ0) is 13.8. The first kappa shape index (κ1) is 12.4. The number of nitriles is 1. The van der Waals surface area contributed by atoms with Crippen molar-refractivity contribution in [2.75, 3.05) is 5.73 Å². The smallest absolute Gasteiger partial charge is 0.311 e. The zero-order valence-electron chi connectivity index (χ0n) is 9.74. The van der Waals surface area contributed by atoms with Crippen LogP contribution in [-0.4, -0.2) is 4.92 Å². The SMILES string of the molecule is N#Cc1ccc([N+](=O)[O-])c(Oc2ccc(N)cc2)c1. The Labute approximate surface area is 108 Å². The van der Waals surface area contributed by atoms with Crippen LogP contribution in [0.3, 0.4) is 0 Å². The van der Waals surface area contributed by atoms with E-state index in [1.165, 1.54) is 18.2 Å². The molecule has 0 aliphatic carbocycles. The Bertz CT molecular complexity index is 660. The highest BCUT2D eigenvalue weighted by molar-refractivity contribution is 5.53. The highest BCUT2D eigenvalue weighted by atomic mass is 16.6. The van der Waals surface area contributed by atoms with Crippen molar-refractivity contribution in [3.05, 3.63) is 58.1 Å². The summed E-state index contributed by atoms with van der Waals surface area (Å²) in [5.41, 5.74) is 6.19. The van der Waals surface area contributed by atoms with Crippen molar-refractivity contribution in [1.82, 2.24) is 0 Å². The molecule has 0 spiro atoms. The largest absolute Gasteiger partial charge is 0.450 e. The number of ether oxygens (including phenoxy) is 1. The van der Waals surface area contributed by atoms with Gasteiger partial charge >= 0.3 is 5.69 Å². The number of hydrogen-bond donors (Lipinski definition) is 1. The summed E-state index contributed by atoms with van der Waals surface area (Å²) in [6.45, 7) is 0. The monoisotopic (exact) mass is 255 g/mol. The molecule has 2 rings (SSSR count). The number of hydrogen-bond acceptors (Lipinski definition) is 5. The van der Waals surface area contributed by atoms with Crippen LogP contribution >= 0.6 is 0 Å². The summed E-state index contributed by atoms with van der Waals surface area (Å²) in [4.78, 5) is 10.3. The van der Waals surface area contributed by atoms with E-state index in [0.717, 1.165) is 0 Å². The van der Waals surface area contributed by atoms with Crippen LogP contribution in [0.25, 0.3) is 0 Å². The van der Waals surface area contributed by atoms with Crippen LogP contribution < -0.4 is 10.5 Å². The number of rotatable bonds is 3. The molecule has 0 radical (unpaired) electrons. The van der Waals surface area contributed by atoms with Gasteiger partial charge in [0.1, 0.15) is 5.75 Å². The first-order valence-corrected chi connectivity index (χ1v) is 5.32. The molecule has 0 amide bonds. The average Bonchev–Trinajstić information content (AvgIpc) is 2.41. The Kier molecular flexibility index (Phi) is 3.30. The van der Waals surface area contributed by atoms with Crippen molar-refractivity contribution >= 4 is 11.4 Å². The van der Waals surface area contributed by atoms with Crippen LogP contribution in [0, 0.1) is 21.4 Å². The molecule has 0 aliphatic heterocycles. The Balaban J connectivity index is 2.40. The Morgan fingerprint density at radius 1 is 1.21 bits per heavy atom. The summed E-state index contributed by atoms with van der Waals surface area (Å²) in [7, 11) is 0. The molecule has 0 aliphatic rings. The summed E-state index contributed by atoms with van der Waals surface area (Å²) >= 11 is 0. The first-order valence-electron chi connectivity index (χ1n) is 5.32. The fraction of sp³-hybridized carbons (Fsp3) is 0. The maximum Gasteiger partial charge on any atom is 0.311 e. The molecular formula is C13H9N3O3. The van der Waals surface area contributed by atoms with E-state index in [1.807, 2.05) is 6.07 Å². The van der Waals surface area contributed by atoms with Crippen LogP contribution in [0.1, 0.15) is 5.56 Å². The summed E-state index contributed by atoms with van der Waals surface area (Å²) in [5.74, 6) is 0.432. The number of anilines is 1. The fourth-order valence-electron chi connectivity index (χ4n) is 1.48. The van der Waals surface area contributed by atoms with Crippen LogP contribution in [0.5, 0.6) is 11.5 Å². The maximum atomic E-state index is 10.9. The Hall–Kier alpha value is -3.07. The van der Waals surface area contributed by atoms with Crippen molar-refractivity contribution in [3.63, 3.8) is 0 Å². The van der Waals surface area contributed by atoms with Gasteiger partial charge < -0.3 is 10.5 Å². The average molecular weight is 255 g/mol. The van der Waals surface area contributed by atoms with Crippen molar-refractivity contribution in [3.8, 4) is 17.6 Å². The molecular weight excluding hydrogens is 246 g/mol. The molecule has 0 heterocycles. The lowest BCUT2D eigenvalue weighted by Gasteiger charge is -2.06. The number of nitrogens with two attached hydrogens (primary N) is 1. The zero-order valence-corrected chi connectivity index (χ0v) is 9.74. The first-order chi connectivity index (χ1) is 9.10. The van der Waals surface area contributed by atoms with Crippen LogP contribution in [0.15, 0.2) is 42.5 Å². The van der Waals surface area contributed by atoms with Gasteiger partial charge in [-0.15, -0.1) is 0 Å². The minimum absolute atomic E-state index is 0.0221. The summed E-state index contributed by atoms with van der Waals surface area (Å²) in [6.07, 6.45) is 0. The normalized spacial score (nSPS) is 9.63. The van der Waals surface area contributed by atoms with Gasteiger partial charge in [-0.05, 0) is 30.3 Å². The van der Waals surface area contributed by atoms with Crippen molar-refractivity contribution in [2.45, 2.75) is 0 Å². The van der Waals surface area contributed by atoms with Gasteiger partial charge in [-0.1, -0.05) is 0 Å². The van der Waals surface area contributed by atoms with E-state index in [4.69, 9.17) is 15.7 Å². The number of nitro benzene ring substituents is 1. The van der Waals surface area contributed by atoms with E-state index < -0.39 is 4.92 Å². The number of nitrogen functional groups attached to an aromatic ring is 1. The predicted molar refractivity (Wildman–Crippen MR) is 68.7 cm³/mol. The Morgan fingerprint density at radius 3 is 2.47 bits per heavy atom. The van der Waals surface area contributed by atoms with E-state index in [0.29, 0.717) is 11.4 Å². The molecule has 94 valence electrons. The molecule has 19 heavy (non-hydrogen) atoms. The number of nitro groups is 1. The summed E-state index contributed by atoms with van der Waals surface area (Å²) < 4.78 is 5.42. The molecule has 0 bridgehead atoms. The third-order valence-corrected chi connectivity index (χ3v) is 2.39. The van der Waals surface area contributed by atoms with Crippen molar-refractivity contribution < 1.29 is 9.66 Å². The second-order valence-electron chi connectivity index (χ2n) is 3.72. The molecule has 0 aromatic heterocycles. The van der Waals surface area contributed by atoms with Gasteiger partial charge in [0.2, 0.25) is 5.75 Å². The van der Waals surface area contributed by atoms with Gasteiger partial charge in [0.25, 0.3) is 0 Å². The topological polar surface area (TPSA) is 102 Å². The number of nitrogens with zero attached hydrogens (tertiary/aromatic N) is 2. The molecule has 0 saturated carbocycles. The molecule has 6 heteroatoms. The van der Waals surface area contributed by atoms with Crippen molar-refractivity contribution in [2.24, 2.45) is 0 Å². The van der Waals surface area contributed by atoms with Gasteiger partial charge in [-0.2, -0.15) is 5.26 Å². The van der Waals surface area contributed by atoms with Crippen LogP contribution in [0.2, 0.25) is 0 Å². The lowest BCUT2D eigenvalue weighted by molar-refractivity contribution is -0.385. The second-order valence-corrected chi connectivity index (χ2v) is 3.72. The van der Waals surface area contributed by atoms with E-state index in [-0.39, 0.29) is 17.0 Å². The molecule has 2 aromatic rings. The summed E-state index contributed by atoms with van der Waals surface area (Å²) in [5, 5.41) is 19.7. The van der Waals surface area contributed by atoms with Gasteiger partial charge in [0.05, 0.1) is 16.6 Å². The number of benzene rings is 2. The van der Waals surface area contributed by atoms with Gasteiger partial charge in [0, 0.05) is 17.8 Å². The van der Waals surface area contributed by atoms with E-state index in [2.05, 4.69) is 0 Å². The third-order valence-electron chi connectivity index (χ3n) is 2.39. The fourth-order valence-corrected chi connectivity index (χ4v) is 1.48. The van der Waals surface area contributed by atoms with E-state index in [1.54, 1.807) is 24.3 Å². The predicted octanol–water partition coefficient (Wildman–Crippen LogP) is 2.84. The molecule has 6 nitrogen and oxygen atoms in total. The lowest BCUT2D eigenvalue weighted by atomic mass is 10.2. The molecule has 2 aromatic carbocycles. The maximum absolute atomic E-state index is 10.9. The van der Waals surface area contributed by atoms with Gasteiger partial charge in [0.15, 0.2) is 0 Å². The lowest BCUT2D eigenvalue weighted by Crippen LogP contribution is -1.94. The molecule has 0 saturated heterocycles. The quantitative estimate of drug-likeness (QED) is 0.516. The second kappa shape index (κ2) is 5.06. The Morgan fingerprint density at radius 2 is 1.89 bits per heavy atom. The molecule has 0 unspecified atom stereocenters. The molecule has 0 fully saturated rings. The minimum atomic E-state index is -0.562. The van der Waals surface area contributed by atoms with Crippen LogP contribution in [-0.2, 0) is 0 Å². The standard InChI is InChI=1S/C13H9N3O3/c14-8-9-1-6-12(16(17)18)13(7-9)19-11-4-2-10(15)3-5-11/h1-7H,15H2.